The molecule has 6 nitrogen and oxygen atoms in total. The summed E-state index contributed by atoms with van der Waals surface area (Å²) in [6, 6.07) is 26.0. The number of phenols is 2. The summed E-state index contributed by atoms with van der Waals surface area (Å²) in [5.41, 5.74) is 2.05. The molecular weight excluding hydrogens is 1040 g/mol. The average Bonchev–Trinajstić information content (AvgIpc) is 3.36. The first-order valence-electron chi connectivity index (χ1n) is 22.4. The van der Waals surface area contributed by atoms with Gasteiger partial charge in [-0.25, -0.2) is 27.5 Å². The summed E-state index contributed by atoms with van der Waals surface area (Å²) in [6.07, 6.45) is 4.35. The van der Waals surface area contributed by atoms with Crippen LogP contribution in [0.1, 0.15) is 112 Å². The number of phenolic OH excluding ortho intramolecular Hbond substituents is 2. The van der Waals surface area contributed by atoms with Gasteiger partial charge in [-0.2, -0.15) is 17.6 Å². The van der Waals surface area contributed by atoms with E-state index in [1.165, 1.54) is 12.2 Å². The van der Waals surface area contributed by atoms with Crippen molar-refractivity contribution in [1.29, 1.82) is 0 Å². The van der Waals surface area contributed by atoms with Crippen molar-refractivity contribution in [3.63, 3.8) is 0 Å². The summed E-state index contributed by atoms with van der Waals surface area (Å²) < 4.78 is 125. The van der Waals surface area contributed by atoms with E-state index in [9.17, 15) is 45.3 Å². The Kier molecular flexibility index (Phi) is 21.5. The Morgan fingerprint density at radius 3 is 1.08 bits per heavy atom. The molecule has 386 valence electrons. The Morgan fingerprint density at radius 1 is 0.534 bits per heavy atom. The van der Waals surface area contributed by atoms with Crippen LogP contribution in [0, 0.1) is 46.5 Å². The van der Waals surface area contributed by atoms with E-state index < -0.39 is 86.4 Å². The molecular formula is C56H54Cl2F8N2O4Ti. The van der Waals surface area contributed by atoms with E-state index in [4.69, 9.17) is 28.1 Å². The monoisotopic (exact) mass is 1090 g/mol. The first-order chi connectivity index (χ1) is 34.3. The molecule has 2 unspecified atom stereocenters. The second-order valence-electron chi connectivity index (χ2n) is 18.4. The van der Waals surface area contributed by atoms with Crippen LogP contribution >= 0.6 is 18.6 Å². The molecule has 2 atom stereocenters. The summed E-state index contributed by atoms with van der Waals surface area (Å²) in [4.78, 5) is 7.37. The first-order valence-corrected chi connectivity index (χ1v) is 26.7. The number of nitrogens with zero attached hydrogens (tertiary/aromatic N) is 2. The van der Waals surface area contributed by atoms with Gasteiger partial charge in [0, 0.05) is 46.5 Å². The van der Waals surface area contributed by atoms with Crippen molar-refractivity contribution in [2.24, 2.45) is 9.98 Å². The molecule has 0 amide bonds. The van der Waals surface area contributed by atoms with Crippen LogP contribution in [-0.4, -0.2) is 35.9 Å². The third kappa shape index (κ3) is 14.7. The summed E-state index contributed by atoms with van der Waals surface area (Å²) in [6.45, 7) is 21.7. The van der Waals surface area contributed by atoms with E-state index in [2.05, 4.69) is 23.1 Å². The second kappa shape index (κ2) is 26.3. The van der Waals surface area contributed by atoms with Crippen LogP contribution in [0.5, 0.6) is 23.0 Å². The Hall–Kier alpha value is -5.93. The Morgan fingerprint density at radius 2 is 0.822 bits per heavy atom. The molecule has 0 spiro atoms. The summed E-state index contributed by atoms with van der Waals surface area (Å²) in [7, 11) is 9.78. The second-order valence-corrected chi connectivity index (χ2v) is 21.0. The van der Waals surface area contributed by atoms with Crippen molar-refractivity contribution in [1.82, 2.24) is 0 Å². The molecule has 0 saturated heterocycles. The summed E-state index contributed by atoms with van der Waals surface area (Å²) in [5, 5.41) is 22.0. The fraction of sp³-hybridized carbons (Fsp3) is 0.250. The molecule has 0 fully saturated rings. The average molecular weight is 1090 g/mol. The molecule has 6 aromatic carbocycles. The molecule has 0 aliphatic carbocycles. The molecule has 0 radical (unpaired) electrons. The van der Waals surface area contributed by atoms with E-state index in [1.807, 2.05) is 128 Å². The van der Waals surface area contributed by atoms with Crippen molar-refractivity contribution >= 4 is 42.4 Å². The van der Waals surface area contributed by atoms with Gasteiger partial charge >= 0.3 is 35.6 Å². The normalized spacial score (nSPS) is 12.4. The van der Waals surface area contributed by atoms with E-state index in [-0.39, 0.29) is 58.5 Å². The number of hydrogen-bond donors (Lipinski definition) is 2. The van der Waals surface area contributed by atoms with Crippen molar-refractivity contribution in [3.05, 3.63) is 201 Å². The number of halogens is 10. The molecule has 0 bridgehead atoms. The topological polar surface area (TPSA) is 83.6 Å². The number of aliphatic imine (C=N–C) groups is 2. The van der Waals surface area contributed by atoms with Gasteiger partial charge in [0.2, 0.25) is 23.3 Å². The number of hydrogen-bond acceptors (Lipinski definition) is 6. The van der Waals surface area contributed by atoms with Gasteiger partial charge in [-0.1, -0.05) is 153 Å². The maximum absolute atomic E-state index is 14.6. The molecule has 0 aliphatic rings. The maximum atomic E-state index is 14.6. The van der Waals surface area contributed by atoms with Gasteiger partial charge in [-0.05, 0) is 45.2 Å². The van der Waals surface area contributed by atoms with Gasteiger partial charge in [0.1, 0.15) is 36.1 Å². The minimum absolute atomic E-state index is 0.147. The van der Waals surface area contributed by atoms with Crippen molar-refractivity contribution in [3.8, 4) is 23.0 Å². The molecule has 2 N–H and O–H groups in total. The Balaban J connectivity index is 0.000000300. The predicted octanol–water partition coefficient (Wildman–Crippen LogP) is 16.8. The molecule has 6 rings (SSSR count). The summed E-state index contributed by atoms with van der Waals surface area (Å²) >= 11 is -0.556. The van der Waals surface area contributed by atoms with Gasteiger partial charge < -0.3 is 19.7 Å². The molecule has 0 aromatic heterocycles. The van der Waals surface area contributed by atoms with Crippen molar-refractivity contribution in [2.75, 3.05) is 13.2 Å². The van der Waals surface area contributed by atoms with Crippen LogP contribution in [0.3, 0.4) is 0 Å². The van der Waals surface area contributed by atoms with Crippen LogP contribution in [0.4, 0.5) is 46.5 Å². The van der Waals surface area contributed by atoms with E-state index in [1.54, 1.807) is 12.1 Å². The zero-order valence-corrected chi connectivity index (χ0v) is 44.3. The standard InChI is InChI=1S/2C28H27F4NO2.2ClH.Ti/c2*1-6-12-35-27-23(31)21(29)25(22(30)24(27)32)33-15-18-13-19(28(3,4)5)14-20(26(18)34)16(2)17-10-8-7-9-11-17;;;/h2*6-11,13-16,34H,1,12H2,2-5H3;2*1H;/q;;;;+2/p-2. The van der Waals surface area contributed by atoms with E-state index >= 15 is 0 Å². The first kappa shape index (κ1) is 59.6. The third-order valence-corrected chi connectivity index (χ3v) is 11.4. The third-order valence-electron chi connectivity index (χ3n) is 11.4. The number of ether oxygens (including phenoxy) is 2. The van der Waals surface area contributed by atoms with Crippen LogP contribution in [0.25, 0.3) is 0 Å². The fourth-order valence-electron chi connectivity index (χ4n) is 7.16. The molecule has 0 aliphatic heterocycles. The van der Waals surface area contributed by atoms with Crippen molar-refractivity contribution < 1.29 is 71.8 Å². The van der Waals surface area contributed by atoms with Gasteiger partial charge in [-0.15, -0.1) is 0 Å². The van der Waals surface area contributed by atoms with Gasteiger partial charge in [0.25, 0.3) is 0 Å². The summed E-state index contributed by atoms with van der Waals surface area (Å²) in [5.74, 6) is -16.7. The molecule has 17 heteroatoms. The van der Waals surface area contributed by atoms with Gasteiger partial charge in [0.05, 0.1) is 0 Å². The Labute approximate surface area is 437 Å². The predicted molar refractivity (Wildman–Crippen MR) is 272 cm³/mol. The SMILES string of the molecule is C=CCOc1c(F)c(F)c(N=Cc2cc(C(C)(C)C)cc(C(C)c3ccccc3)c2O)c(F)c1F.C=CCOc1c(F)c(F)c(N=Cc2cc(C(C)(C)C)cc(C(C)c3ccccc3)c2O)c(F)c1F.[Cl][Ti][Cl]. The zero-order valence-electron chi connectivity index (χ0n) is 41.3. The quantitative estimate of drug-likeness (QED) is 0.0374. The molecule has 6 aromatic rings. The van der Waals surface area contributed by atoms with E-state index in [0.717, 1.165) is 34.7 Å². The molecule has 0 saturated carbocycles. The van der Waals surface area contributed by atoms with Crippen LogP contribution < -0.4 is 9.47 Å². The fourth-order valence-corrected chi connectivity index (χ4v) is 7.16. The molecule has 0 heterocycles. The Bertz CT molecular complexity index is 2710. The number of benzene rings is 6. The number of rotatable bonds is 14. The minimum atomic E-state index is -1.71. The number of aromatic hydroxyl groups is 2. The van der Waals surface area contributed by atoms with Crippen LogP contribution in [-0.2, 0) is 27.9 Å². The van der Waals surface area contributed by atoms with E-state index in [0.29, 0.717) is 11.1 Å². The van der Waals surface area contributed by atoms with Gasteiger partial charge in [-0.3, -0.25) is 0 Å². The van der Waals surface area contributed by atoms with Crippen molar-refractivity contribution in [2.45, 2.75) is 78.1 Å². The zero-order chi connectivity index (χ0) is 54.5. The van der Waals surface area contributed by atoms with Crippen LogP contribution in [0.15, 0.2) is 120 Å². The van der Waals surface area contributed by atoms with Gasteiger partial charge in [0.15, 0.2) is 34.8 Å². The van der Waals surface area contributed by atoms with Crippen LogP contribution in [0.2, 0.25) is 0 Å². The molecule has 73 heavy (non-hydrogen) atoms.